The second kappa shape index (κ2) is 11.8. The minimum absolute atomic E-state index is 0.0649. The van der Waals surface area contributed by atoms with E-state index in [0.717, 1.165) is 42.6 Å². The highest BCUT2D eigenvalue weighted by atomic mass is 19.4. The van der Waals surface area contributed by atoms with E-state index in [1.807, 2.05) is 25.3 Å². The van der Waals surface area contributed by atoms with Gasteiger partial charge in [0.15, 0.2) is 5.65 Å². The molecule has 0 radical (unpaired) electrons. The lowest BCUT2D eigenvalue weighted by Crippen LogP contribution is -2.45. The maximum atomic E-state index is 12.8. The second-order valence-electron chi connectivity index (χ2n) is 10.7. The SMILES string of the molecule is CC(C(=O)NC1CCN(C)CC1)n1cc(-c2cnn3c(-c4cccc(CC(=O)CCC(F)(F)F)c4)cnc3c2)cn1. The Bertz CT molecular complexity index is 1540. The zero-order chi connectivity index (χ0) is 29.1. The minimum Gasteiger partial charge on any atom is -0.351 e. The van der Waals surface area contributed by atoms with Gasteiger partial charge in [0.2, 0.25) is 5.91 Å². The molecule has 1 unspecified atom stereocenters. The molecule has 1 atom stereocenters. The molecule has 41 heavy (non-hydrogen) atoms. The van der Waals surface area contributed by atoms with E-state index >= 15 is 0 Å². The Morgan fingerprint density at radius 3 is 2.56 bits per heavy atom. The lowest BCUT2D eigenvalue weighted by atomic mass is 10.0. The topological polar surface area (TPSA) is 97.4 Å². The number of nitrogens with zero attached hydrogens (tertiary/aromatic N) is 6. The molecule has 0 aliphatic carbocycles. The van der Waals surface area contributed by atoms with Gasteiger partial charge in [0, 0.05) is 41.8 Å². The van der Waals surface area contributed by atoms with E-state index < -0.39 is 30.8 Å². The Labute approximate surface area is 235 Å². The Balaban J connectivity index is 1.27. The molecular formula is C29H32F3N7O2. The van der Waals surface area contributed by atoms with Crippen LogP contribution in [0.5, 0.6) is 0 Å². The predicted molar refractivity (Wildman–Crippen MR) is 147 cm³/mol. The van der Waals surface area contributed by atoms with E-state index in [0.29, 0.717) is 16.9 Å². The molecule has 0 bridgehead atoms. The first kappa shape index (κ1) is 28.5. The molecule has 216 valence electrons. The number of nitrogens with one attached hydrogen (secondary N) is 1. The van der Waals surface area contributed by atoms with Crippen LogP contribution in [-0.4, -0.2) is 73.3 Å². The van der Waals surface area contributed by atoms with Gasteiger partial charge < -0.3 is 10.2 Å². The molecule has 1 aliphatic heterocycles. The molecule has 12 heteroatoms. The number of halogens is 3. The number of aromatic nitrogens is 5. The Hall–Kier alpha value is -4.06. The van der Waals surface area contributed by atoms with Crippen molar-refractivity contribution in [1.82, 2.24) is 34.6 Å². The van der Waals surface area contributed by atoms with Gasteiger partial charge in [-0.25, -0.2) is 9.50 Å². The maximum Gasteiger partial charge on any atom is 0.389 e. The van der Waals surface area contributed by atoms with E-state index in [1.165, 1.54) is 0 Å². The Morgan fingerprint density at radius 1 is 1.05 bits per heavy atom. The van der Waals surface area contributed by atoms with E-state index in [2.05, 4.69) is 32.4 Å². The highest BCUT2D eigenvalue weighted by Gasteiger charge is 2.28. The van der Waals surface area contributed by atoms with Gasteiger partial charge >= 0.3 is 6.18 Å². The molecule has 3 aromatic heterocycles. The zero-order valence-electron chi connectivity index (χ0n) is 22.9. The van der Waals surface area contributed by atoms with E-state index in [4.69, 9.17) is 0 Å². The number of amides is 1. The van der Waals surface area contributed by atoms with E-state index in [-0.39, 0.29) is 18.4 Å². The number of imidazole rings is 1. The van der Waals surface area contributed by atoms with Crippen molar-refractivity contribution in [3.05, 3.63) is 60.7 Å². The number of alkyl halides is 3. The van der Waals surface area contributed by atoms with Crippen molar-refractivity contribution in [2.24, 2.45) is 0 Å². The molecule has 1 fully saturated rings. The third-order valence-electron chi connectivity index (χ3n) is 7.45. The largest absolute Gasteiger partial charge is 0.389 e. The fraction of sp³-hybridized carbons (Fsp3) is 0.414. The van der Waals surface area contributed by atoms with Gasteiger partial charge in [-0.3, -0.25) is 14.3 Å². The summed E-state index contributed by atoms with van der Waals surface area (Å²) in [7, 11) is 2.08. The summed E-state index contributed by atoms with van der Waals surface area (Å²) in [5, 5.41) is 12.1. The monoisotopic (exact) mass is 567 g/mol. The number of ketones is 1. The Kier molecular flexibility index (Phi) is 8.20. The third kappa shape index (κ3) is 6.99. The molecule has 1 amide bonds. The fourth-order valence-electron chi connectivity index (χ4n) is 4.96. The standard InChI is InChI=1S/C29H32F3N7O2/c1-19(28(41)36-24-7-10-37(2)11-8-24)38-18-23(16-34-38)22-14-27-33-17-26(39(27)35-15-22)21-5-3-4-20(12-21)13-25(40)6-9-29(30,31)32/h3-5,12,14-19,24H,6-11,13H2,1-2H3,(H,36,41). The number of carbonyl (C=O) groups excluding carboxylic acids is 2. The van der Waals surface area contributed by atoms with Crippen LogP contribution >= 0.6 is 0 Å². The number of benzene rings is 1. The average Bonchev–Trinajstić information content (AvgIpc) is 3.60. The molecule has 4 aromatic rings. The minimum atomic E-state index is -4.35. The van der Waals surface area contributed by atoms with E-state index in [1.54, 1.807) is 46.0 Å². The van der Waals surface area contributed by atoms with Crippen LogP contribution in [0.3, 0.4) is 0 Å². The summed E-state index contributed by atoms with van der Waals surface area (Å²) in [6, 6.07) is 8.66. The van der Waals surface area contributed by atoms with Gasteiger partial charge in [-0.15, -0.1) is 0 Å². The van der Waals surface area contributed by atoms with Gasteiger partial charge in [0.1, 0.15) is 11.8 Å². The number of Topliss-reactive ketones (excluding diaryl/α,β-unsaturated/α-hetero) is 1. The summed E-state index contributed by atoms with van der Waals surface area (Å²) in [5.41, 5.74) is 4.23. The number of piperidine rings is 1. The van der Waals surface area contributed by atoms with Crippen LogP contribution in [0.2, 0.25) is 0 Å². The van der Waals surface area contributed by atoms with Crippen molar-refractivity contribution < 1.29 is 22.8 Å². The molecule has 1 aromatic carbocycles. The van der Waals surface area contributed by atoms with Crippen LogP contribution in [0.1, 0.15) is 44.2 Å². The summed E-state index contributed by atoms with van der Waals surface area (Å²) in [6.07, 6.45) is 2.64. The maximum absolute atomic E-state index is 12.8. The number of fused-ring (bicyclic) bond motifs is 1. The van der Waals surface area contributed by atoms with Crippen LogP contribution in [0.25, 0.3) is 28.0 Å². The van der Waals surface area contributed by atoms with Crippen LogP contribution in [0.4, 0.5) is 13.2 Å². The molecule has 9 nitrogen and oxygen atoms in total. The average molecular weight is 568 g/mol. The van der Waals surface area contributed by atoms with Crippen molar-refractivity contribution in [3.8, 4) is 22.4 Å². The molecule has 1 saturated heterocycles. The first-order valence-corrected chi connectivity index (χ1v) is 13.6. The first-order chi connectivity index (χ1) is 19.6. The quantitative estimate of drug-likeness (QED) is 0.320. The van der Waals surface area contributed by atoms with Crippen molar-refractivity contribution in [2.45, 2.75) is 57.3 Å². The van der Waals surface area contributed by atoms with Crippen molar-refractivity contribution in [1.29, 1.82) is 0 Å². The van der Waals surface area contributed by atoms with Crippen LogP contribution in [0, 0.1) is 0 Å². The fourth-order valence-corrected chi connectivity index (χ4v) is 4.96. The Morgan fingerprint density at radius 2 is 1.80 bits per heavy atom. The summed E-state index contributed by atoms with van der Waals surface area (Å²) in [6.45, 7) is 3.75. The predicted octanol–water partition coefficient (Wildman–Crippen LogP) is 4.49. The van der Waals surface area contributed by atoms with Crippen LogP contribution in [-0.2, 0) is 16.0 Å². The molecule has 0 saturated carbocycles. The highest BCUT2D eigenvalue weighted by Crippen LogP contribution is 2.26. The number of hydrogen-bond donors (Lipinski definition) is 1. The summed E-state index contributed by atoms with van der Waals surface area (Å²) in [4.78, 5) is 31.6. The van der Waals surface area contributed by atoms with Crippen LogP contribution < -0.4 is 5.32 Å². The highest BCUT2D eigenvalue weighted by molar-refractivity contribution is 5.81. The molecular weight excluding hydrogens is 535 g/mol. The molecule has 1 N–H and O–H groups in total. The summed E-state index contributed by atoms with van der Waals surface area (Å²) < 4.78 is 40.7. The first-order valence-electron chi connectivity index (χ1n) is 13.6. The zero-order valence-corrected chi connectivity index (χ0v) is 22.9. The molecule has 0 spiro atoms. The van der Waals surface area contributed by atoms with Gasteiger partial charge in [-0.2, -0.15) is 23.4 Å². The van der Waals surface area contributed by atoms with Crippen LogP contribution in [0.15, 0.2) is 55.1 Å². The lowest BCUT2D eigenvalue weighted by Gasteiger charge is -2.30. The van der Waals surface area contributed by atoms with Gasteiger partial charge in [0.05, 0.1) is 30.7 Å². The van der Waals surface area contributed by atoms with Crippen molar-refractivity contribution in [3.63, 3.8) is 0 Å². The number of rotatable bonds is 9. The van der Waals surface area contributed by atoms with E-state index in [9.17, 15) is 22.8 Å². The molecule has 1 aliphatic rings. The number of hydrogen-bond acceptors (Lipinski definition) is 6. The summed E-state index contributed by atoms with van der Waals surface area (Å²) in [5.74, 6) is -0.528. The van der Waals surface area contributed by atoms with Crippen molar-refractivity contribution in [2.75, 3.05) is 20.1 Å². The normalized spacial score (nSPS) is 15.7. The van der Waals surface area contributed by atoms with Gasteiger partial charge in [-0.05, 0) is 57.6 Å². The summed E-state index contributed by atoms with van der Waals surface area (Å²) >= 11 is 0. The van der Waals surface area contributed by atoms with Gasteiger partial charge in [-0.1, -0.05) is 18.2 Å². The third-order valence-corrected chi connectivity index (χ3v) is 7.45. The second-order valence-corrected chi connectivity index (χ2v) is 10.7. The molecule has 5 rings (SSSR count). The van der Waals surface area contributed by atoms with Crippen molar-refractivity contribution >= 4 is 17.3 Å². The lowest BCUT2D eigenvalue weighted by molar-refractivity contribution is -0.143. The number of carbonyl (C=O) groups is 2. The number of likely N-dealkylation sites (tertiary alicyclic amines) is 1. The molecule has 4 heterocycles. The van der Waals surface area contributed by atoms with Gasteiger partial charge in [0.25, 0.3) is 0 Å². The smallest absolute Gasteiger partial charge is 0.351 e.